The van der Waals surface area contributed by atoms with Gasteiger partial charge in [0, 0.05) is 18.7 Å². The van der Waals surface area contributed by atoms with Crippen molar-refractivity contribution in [2.24, 2.45) is 0 Å². The Bertz CT molecular complexity index is 1330. The molecule has 1 amide bonds. The van der Waals surface area contributed by atoms with E-state index in [1.807, 2.05) is 0 Å². The van der Waals surface area contributed by atoms with E-state index in [1.165, 1.54) is 46.8 Å². The number of halogens is 2. The lowest BCUT2D eigenvalue weighted by Gasteiger charge is -2.26. The molecule has 1 saturated heterocycles. The molecule has 1 aliphatic rings. The number of carbonyl (C=O) groups is 1. The maximum absolute atomic E-state index is 13.1. The van der Waals surface area contributed by atoms with E-state index in [0.29, 0.717) is 18.8 Å². The number of hydrogen-bond acceptors (Lipinski definition) is 7. The van der Waals surface area contributed by atoms with Gasteiger partial charge in [0.05, 0.1) is 28.8 Å². The van der Waals surface area contributed by atoms with Crippen LogP contribution in [0, 0.1) is 5.82 Å². The van der Waals surface area contributed by atoms with Crippen LogP contribution in [0.25, 0.3) is 11.5 Å². The number of carbonyl (C=O) groups excluding carboxylic acids is 1. The van der Waals surface area contributed by atoms with Crippen molar-refractivity contribution < 1.29 is 26.8 Å². The number of benzene rings is 2. The standard InChI is InChI=1S/C20H18ClFN4O6S/c21-16-6-5-15(33(29,30)25-7-9-31-10-8-25)11-17(16)23-18(27)12-26-20(28)32-19(24-26)13-1-3-14(22)4-2-13/h1-6,11H,7-10,12H2,(H,23,27). The normalized spacial score (nSPS) is 14.8. The zero-order valence-electron chi connectivity index (χ0n) is 17.0. The van der Waals surface area contributed by atoms with Gasteiger partial charge in [0.25, 0.3) is 0 Å². The van der Waals surface area contributed by atoms with Crippen molar-refractivity contribution in [3.05, 3.63) is 63.9 Å². The van der Waals surface area contributed by atoms with Crippen molar-refractivity contribution in [2.45, 2.75) is 11.4 Å². The van der Waals surface area contributed by atoms with E-state index in [9.17, 15) is 22.4 Å². The van der Waals surface area contributed by atoms with E-state index in [-0.39, 0.29) is 34.6 Å². The zero-order valence-corrected chi connectivity index (χ0v) is 18.6. The van der Waals surface area contributed by atoms with Gasteiger partial charge in [0.15, 0.2) is 0 Å². The molecule has 1 aromatic heterocycles. The largest absolute Gasteiger partial charge is 0.437 e. The smallest absolute Gasteiger partial charge is 0.388 e. The third-order valence-corrected chi connectivity index (χ3v) is 7.03. The molecule has 0 aliphatic carbocycles. The number of ether oxygens (including phenoxy) is 1. The Labute approximate surface area is 192 Å². The topological polar surface area (TPSA) is 124 Å². The third kappa shape index (κ3) is 5.14. The van der Waals surface area contributed by atoms with Gasteiger partial charge in [-0.2, -0.15) is 8.99 Å². The molecule has 2 aromatic carbocycles. The van der Waals surface area contributed by atoms with E-state index in [0.717, 1.165) is 4.68 Å². The minimum Gasteiger partial charge on any atom is -0.388 e. The Morgan fingerprint density at radius 3 is 2.55 bits per heavy atom. The van der Waals surface area contributed by atoms with Crippen LogP contribution in [0.3, 0.4) is 0 Å². The molecule has 0 spiro atoms. The fourth-order valence-corrected chi connectivity index (χ4v) is 4.74. The molecule has 13 heteroatoms. The SMILES string of the molecule is O=C(Cn1nc(-c2ccc(F)cc2)oc1=O)Nc1cc(S(=O)(=O)N2CCOCC2)ccc1Cl. The van der Waals surface area contributed by atoms with Gasteiger partial charge in [-0.3, -0.25) is 4.79 Å². The number of nitrogens with zero attached hydrogens (tertiary/aromatic N) is 3. The van der Waals surface area contributed by atoms with Crippen molar-refractivity contribution in [1.29, 1.82) is 0 Å². The highest BCUT2D eigenvalue weighted by Gasteiger charge is 2.27. The van der Waals surface area contributed by atoms with Crippen LogP contribution in [0.4, 0.5) is 10.1 Å². The number of amides is 1. The molecule has 1 N–H and O–H groups in total. The summed E-state index contributed by atoms with van der Waals surface area (Å²) in [6.45, 7) is 0.516. The number of nitrogens with one attached hydrogen (secondary N) is 1. The summed E-state index contributed by atoms with van der Waals surface area (Å²) in [6.07, 6.45) is 0. The summed E-state index contributed by atoms with van der Waals surface area (Å²) in [7, 11) is -3.80. The van der Waals surface area contributed by atoms with Crippen LogP contribution in [0.15, 0.2) is 56.6 Å². The first kappa shape index (κ1) is 23.1. The molecule has 0 bridgehead atoms. The molecule has 1 fully saturated rings. The van der Waals surface area contributed by atoms with Gasteiger partial charge in [0.2, 0.25) is 21.8 Å². The van der Waals surface area contributed by atoms with E-state index in [1.54, 1.807) is 0 Å². The molecular weight excluding hydrogens is 479 g/mol. The van der Waals surface area contributed by atoms with E-state index in [2.05, 4.69) is 10.4 Å². The number of sulfonamides is 1. The summed E-state index contributed by atoms with van der Waals surface area (Å²) in [4.78, 5) is 24.5. The quantitative estimate of drug-likeness (QED) is 0.553. The van der Waals surface area contributed by atoms with E-state index >= 15 is 0 Å². The molecule has 10 nitrogen and oxygen atoms in total. The molecule has 174 valence electrons. The molecule has 4 rings (SSSR count). The minimum atomic E-state index is -3.80. The van der Waals surface area contributed by atoms with Crippen LogP contribution in [-0.4, -0.2) is 54.7 Å². The second-order valence-corrected chi connectivity index (χ2v) is 9.39. The molecule has 2 heterocycles. The number of hydrogen-bond donors (Lipinski definition) is 1. The average molecular weight is 497 g/mol. The predicted molar refractivity (Wildman–Crippen MR) is 116 cm³/mol. The Morgan fingerprint density at radius 1 is 1.15 bits per heavy atom. The summed E-state index contributed by atoms with van der Waals surface area (Å²) in [5.74, 6) is -2.11. The van der Waals surface area contributed by atoms with Crippen LogP contribution in [0.2, 0.25) is 5.02 Å². The molecule has 0 atom stereocenters. The van der Waals surface area contributed by atoms with Crippen molar-refractivity contribution in [1.82, 2.24) is 14.1 Å². The summed E-state index contributed by atoms with van der Waals surface area (Å²) < 4.78 is 51.1. The van der Waals surface area contributed by atoms with Gasteiger partial charge in [-0.1, -0.05) is 11.6 Å². The van der Waals surface area contributed by atoms with Gasteiger partial charge < -0.3 is 14.5 Å². The predicted octanol–water partition coefficient (Wildman–Crippen LogP) is 1.96. The molecule has 0 saturated carbocycles. The first-order valence-corrected chi connectivity index (χ1v) is 11.6. The first-order valence-electron chi connectivity index (χ1n) is 9.75. The molecular formula is C20H18ClFN4O6S. The second-order valence-electron chi connectivity index (χ2n) is 7.04. The van der Waals surface area contributed by atoms with Crippen molar-refractivity contribution in [3.63, 3.8) is 0 Å². The second kappa shape index (κ2) is 9.43. The first-order chi connectivity index (χ1) is 15.7. The fraction of sp³-hybridized carbons (Fsp3) is 0.250. The van der Waals surface area contributed by atoms with E-state index in [4.69, 9.17) is 20.8 Å². The number of aromatic nitrogens is 2. The number of anilines is 1. The maximum Gasteiger partial charge on any atom is 0.437 e. The summed E-state index contributed by atoms with van der Waals surface area (Å²) >= 11 is 6.13. The highest BCUT2D eigenvalue weighted by Crippen LogP contribution is 2.27. The summed E-state index contributed by atoms with van der Waals surface area (Å²) in [6, 6.07) is 9.08. The summed E-state index contributed by atoms with van der Waals surface area (Å²) in [5.41, 5.74) is 0.419. The third-order valence-electron chi connectivity index (χ3n) is 4.81. The molecule has 3 aromatic rings. The zero-order chi connectivity index (χ0) is 23.6. The maximum atomic E-state index is 13.1. The van der Waals surface area contributed by atoms with Gasteiger partial charge in [0.1, 0.15) is 12.4 Å². The number of morpholine rings is 1. The number of rotatable bonds is 6. The average Bonchev–Trinajstić information content (AvgIpc) is 3.16. The summed E-state index contributed by atoms with van der Waals surface area (Å²) in [5, 5.41) is 6.54. The van der Waals surface area contributed by atoms with Gasteiger partial charge in [-0.25, -0.2) is 17.6 Å². The van der Waals surface area contributed by atoms with Crippen LogP contribution >= 0.6 is 11.6 Å². The molecule has 1 aliphatic heterocycles. The van der Waals surface area contributed by atoms with Crippen LogP contribution < -0.4 is 11.1 Å². The fourth-order valence-electron chi connectivity index (χ4n) is 3.14. The molecule has 33 heavy (non-hydrogen) atoms. The van der Waals surface area contributed by atoms with Gasteiger partial charge in [-0.15, -0.1) is 5.10 Å². The lowest BCUT2D eigenvalue weighted by molar-refractivity contribution is -0.117. The minimum absolute atomic E-state index is 0.0405. The Morgan fingerprint density at radius 2 is 1.85 bits per heavy atom. The van der Waals surface area contributed by atoms with Gasteiger partial charge in [-0.05, 0) is 42.5 Å². The van der Waals surface area contributed by atoms with Crippen LogP contribution in [0.1, 0.15) is 0 Å². The van der Waals surface area contributed by atoms with Crippen LogP contribution in [0.5, 0.6) is 0 Å². The van der Waals surface area contributed by atoms with Crippen LogP contribution in [-0.2, 0) is 26.1 Å². The highest BCUT2D eigenvalue weighted by atomic mass is 35.5. The van der Waals surface area contributed by atoms with E-state index < -0.39 is 34.0 Å². The van der Waals surface area contributed by atoms with Crippen molar-refractivity contribution >= 4 is 33.2 Å². The molecule has 0 unspecified atom stereocenters. The Balaban J connectivity index is 1.50. The Hall–Kier alpha value is -3.06. The van der Waals surface area contributed by atoms with Gasteiger partial charge >= 0.3 is 5.76 Å². The monoisotopic (exact) mass is 496 g/mol. The van der Waals surface area contributed by atoms with Crippen molar-refractivity contribution in [3.8, 4) is 11.5 Å². The Kier molecular flexibility index (Phi) is 6.61. The highest BCUT2D eigenvalue weighted by molar-refractivity contribution is 7.89. The molecule has 0 radical (unpaired) electrons. The lowest BCUT2D eigenvalue weighted by Crippen LogP contribution is -2.40. The lowest BCUT2D eigenvalue weighted by atomic mass is 10.2. The van der Waals surface area contributed by atoms with Crippen molar-refractivity contribution in [2.75, 3.05) is 31.6 Å².